The third-order valence-corrected chi connectivity index (χ3v) is 5.46. The largest absolute Gasteiger partial charge is 0.481 e. The molecule has 2 unspecified atom stereocenters. The molecule has 2 atom stereocenters. The number of hydrogen-bond acceptors (Lipinski definition) is 4. The number of aromatic nitrogens is 1. The second-order valence-electron chi connectivity index (χ2n) is 5.75. The molecule has 2 rings (SSSR count). The van der Waals surface area contributed by atoms with Crippen LogP contribution in [0.5, 0.6) is 0 Å². The number of nitrogen functional groups attached to an aromatic ring is 1. The zero-order valence-corrected chi connectivity index (χ0v) is 14.0. The third kappa shape index (κ3) is 5.62. The van der Waals surface area contributed by atoms with E-state index in [2.05, 4.69) is 4.98 Å². The highest BCUT2D eigenvalue weighted by Gasteiger charge is 2.30. The number of halogens is 2. The second kappa shape index (κ2) is 7.72. The van der Waals surface area contributed by atoms with Crippen LogP contribution in [0.3, 0.4) is 0 Å². The Labute approximate surface area is 142 Å². The van der Waals surface area contributed by atoms with E-state index in [1.807, 2.05) is 0 Å². The number of benzene rings is 1. The van der Waals surface area contributed by atoms with Gasteiger partial charge in [-0.25, -0.2) is 13.8 Å². The van der Waals surface area contributed by atoms with Crippen molar-refractivity contribution in [3.05, 3.63) is 59.3 Å². The second-order valence-corrected chi connectivity index (χ2v) is 8.13. The molecule has 1 aromatic carbocycles. The number of pyridine rings is 1. The number of nitrogens with two attached hydrogens (primary N) is 1. The van der Waals surface area contributed by atoms with E-state index >= 15 is 0 Å². The van der Waals surface area contributed by atoms with Gasteiger partial charge in [-0.15, -0.1) is 0 Å². The number of carbonyl (C=O) groups is 1. The first-order valence-electron chi connectivity index (χ1n) is 7.34. The van der Waals surface area contributed by atoms with Crippen LogP contribution in [0, 0.1) is 17.6 Å². The Balaban J connectivity index is 2.12. The molecule has 6 nitrogen and oxygen atoms in total. The number of carboxylic acid groups (broad SMARTS) is 1. The van der Waals surface area contributed by atoms with Crippen molar-refractivity contribution < 1.29 is 28.1 Å². The number of hydrogen-bond donors (Lipinski definition) is 3. The molecule has 0 spiro atoms. The van der Waals surface area contributed by atoms with Crippen molar-refractivity contribution in [1.82, 2.24) is 4.98 Å². The zero-order valence-electron chi connectivity index (χ0n) is 13.1. The van der Waals surface area contributed by atoms with Gasteiger partial charge < -0.3 is 15.7 Å². The van der Waals surface area contributed by atoms with E-state index in [4.69, 9.17) is 5.73 Å². The molecule has 0 bridgehead atoms. The molecular weight excluding hydrogens is 353 g/mol. The molecule has 1 aromatic heterocycles. The number of nitrogens with zero attached hydrogens (tertiary/aromatic N) is 1. The zero-order chi connectivity index (χ0) is 18.6. The summed E-state index contributed by atoms with van der Waals surface area (Å²) in [5.74, 6) is -3.86. The topological polar surface area (TPSA) is 114 Å². The summed E-state index contributed by atoms with van der Waals surface area (Å²) in [4.78, 5) is 25.4. The molecule has 0 saturated heterocycles. The predicted octanol–water partition coefficient (Wildman–Crippen LogP) is 2.66. The average molecular weight is 370 g/mol. The summed E-state index contributed by atoms with van der Waals surface area (Å²) < 4.78 is 38.9. The Bertz CT molecular complexity index is 814. The van der Waals surface area contributed by atoms with Crippen LogP contribution in [0.15, 0.2) is 36.5 Å². The van der Waals surface area contributed by atoms with Gasteiger partial charge in [0.25, 0.3) is 0 Å². The van der Waals surface area contributed by atoms with Gasteiger partial charge in [0.1, 0.15) is 17.5 Å². The van der Waals surface area contributed by atoms with Gasteiger partial charge in [-0.1, -0.05) is 12.1 Å². The molecule has 134 valence electrons. The van der Waals surface area contributed by atoms with Gasteiger partial charge in [0.2, 0.25) is 7.37 Å². The molecular formula is C16H17F2N2O4P. The maximum absolute atomic E-state index is 13.7. The van der Waals surface area contributed by atoms with E-state index in [1.54, 1.807) is 6.07 Å². The molecule has 1 heterocycles. The minimum atomic E-state index is -4.00. The van der Waals surface area contributed by atoms with Gasteiger partial charge in [0.15, 0.2) is 0 Å². The lowest BCUT2D eigenvalue weighted by atomic mass is 10.0. The standard InChI is InChI=1S/C16H17F2N2O4P/c17-13-3-2-11(14(18)6-13)8-25(23,24)9-12(16(21)22)5-10-1-4-15(19)20-7-10/h1-4,6-7,12H,5,8-9H2,(H2,19,20)(H,21,22)(H,23,24). The first kappa shape index (κ1) is 19.0. The van der Waals surface area contributed by atoms with Crippen molar-refractivity contribution in [2.45, 2.75) is 12.6 Å². The fourth-order valence-corrected chi connectivity index (χ4v) is 4.29. The molecule has 9 heteroatoms. The predicted molar refractivity (Wildman–Crippen MR) is 88.2 cm³/mol. The van der Waals surface area contributed by atoms with Crippen molar-refractivity contribution in [3.8, 4) is 0 Å². The summed E-state index contributed by atoms with van der Waals surface area (Å²) in [5.41, 5.74) is 5.87. The maximum Gasteiger partial charge on any atom is 0.307 e. The van der Waals surface area contributed by atoms with Crippen LogP contribution >= 0.6 is 7.37 Å². The van der Waals surface area contributed by atoms with E-state index in [1.165, 1.54) is 12.3 Å². The smallest absolute Gasteiger partial charge is 0.307 e. The summed E-state index contributed by atoms with van der Waals surface area (Å²) in [6.07, 6.45) is 0.276. The van der Waals surface area contributed by atoms with E-state index in [-0.39, 0.29) is 17.8 Å². The molecule has 0 aliphatic carbocycles. The molecule has 25 heavy (non-hydrogen) atoms. The van der Waals surface area contributed by atoms with Crippen molar-refractivity contribution in [2.75, 3.05) is 11.9 Å². The van der Waals surface area contributed by atoms with Crippen LogP contribution in [0.25, 0.3) is 0 Å². The van der Waals surface area contributed by atoms with Crippen molar-refractivity contribution in [1.29, 1.82) is 0 Å². The highest BCUT2D eigenvalue weighted by Crippen LogP contribution is 2.47. The average Bonchev–Trinajstić information content (AvgIpc) is 2.51. The van der Waals surface area contributed by atoms with E-state index in [9.17, 15) is 28.1 Å². The maximum atomic E-state index is 13.7. The van der Waals surface area contributed by atoms with Crippen LogP contribution in [0.4, 0.5) is 14.6 Å². The van der Waals surface area contributed by atoms with Crippen LogP contribution in [0.2, 0.25) is 0 Å². The molecule has 0 aliphatic rings. The Hall–Kier alpha value is -2.31. The van der Waals surface area contributed by atoms with E-state index < -0.39 is 43.2 Å². The molecule has 4 N–H and O–H groups in total. The number of carboxylic acids is 1. The molecule has 0 amide bonds. The Morgan fingerprint density at radius 2 is 2.00 bits per heavy atom. The quantitative estimate of drug-likeness (QED) is 0.646. The van der Waals surface area contributed by atoms with Crippen LogP contribution in [0.1, 0.15) is 11.1 Å². The van der Waals surface area contributed by atoms with Crippen LogP contribution in [-0.2, 0) is 21.9 Å². The minimum absolute atomic E-state index is 0.0148. The first-order valence-corrected chi connectivity index (χ1v) is 9.37. The Morgan fingerprint density at radius 1 is 1.28 bits per heavy atom. The molecule has 2 aromatic rings. The van der Waals surface area contributed by atoms with Crippen LogP contribution < -0.4 is 5.73 Å². The fraction of sp³-hybridized carbons (Fsp3) is 0.250. The number of rotatable bonds is 7. The van der Waals surface area contributed by atoms with Gasteiger partial charge in [-0.05, 0) is 29.7 Å². The van der Waals surface area contributed by atoms with Gasteiger partial charge in [-0.2, -0.15) is 0 Å². The highest BCUT2D eigenvalue weighted by atomic mass is 31.2. The lowest BCUT2D eigenvalue weighted by Crippen LogP contribution is -2.21. The van der Waals surface area contributed by atoms with Crippen molar-refractivity contribution in [3.63, 3.8) is 0 Å². The molecule has 0 fully saturated rings. The summed E-state index contributed by atoms with van der Waals surface area (Å²) in [5, 5.41) is 9.31. The summed E-state index contributed by atoms with van der Waals surface area (Å²) in [6.45, 7) is 0. The molecule has 0 radical (unpaired) electrons. The summed E-state index contributed by atoms with van der Waals surface area (Å²) in [6, 6.07) is 5.76. The van der Waals surface area contributed by atoms with Gasteiger partial charge in [-0.3, -0.25) is 9.36 Å². The normalized spacial score (nSPS) is 14.7. The molecule has 0 aliphatic heterocycles. The third-order valence-electron chi connectivity index (χ3n) is 3.62. The van der Waals surface area contributed by atoms with Gasteiger partial charge in [0, 0.05) is 18.4 Å². The van der Waals surface area contributed by atoms with Gasteiger partial charge >= 0.3 is 5.97 Å². The van der Waals surface area contributed by atoms with Crippen molar-refractivity contribution >= 4 is 19.2 Å². The Kier molecular flexibility index (Phi) is 5.87. The van der Waals surface area contributed by atoms with Crippen LogP contribution in [-0.4, -0.2) is 27.1 Å². The Morgan fingerprint density at radius 3 is 2.56 bits per heavy atom. The minimum Gasteiger partial charge on any atom is -0.481 e. The molecule has 0 saturated carbocycles. The highest BCUT2D eigenvalue weighted by molar-refractivity contribution is 7.57. The monoisotopic (exact) mass is 370 g/mol. The SMILES string of the molecule is Nc1ccc(CC(CP(=O)(O)Cc2ccc(F)cc2F)C(=O)O)cn1. The van der Waals surface area contributed by atoms with E-state index in [0.717, 1.165) is 12.1 Å². The van der Waals surface area contributed by atoms with Crippen molar-refractivity contribution in [2.24, 2.45) is 5.92 Å². The fourth-order valence-electron chi connectivity index (χ4n) is 2.40. The number of aliphatic carboxylic acids is 1. The van der Waals surface area contributed by atoms with E-state index in [0.29, 0.717) is 11.6 Å². The van der Waals surface area contributed by atoms with Gasteiger partial charge in [0.05, 0.1) is 12.1 Å². The summed E-state index contributed by atoms with van der Waals surface area (Å²) >= 11 is 0. The number of anilines is 1. The summed E-state index contributed by atoms with van der Waals surface area (Å²) in [7, 11) is -4.00. The first-order chi connectivity index (χ1) is 11.7. The lowest BCUT2D eigenvalue weighted by Gasteiger charge is -2.18. The lowest BCUT2D eigenvalue weighted by molar-refractivity contribution is -0.141.